The summed E-state index contributed by atoms with van der Waals surface area (Å²) in [6, 6.07) is 8.68. The Kier molecular flexibility index (Phi) is 8.58. The number of rotatable bonds is 11. The molecule has 3 aromatic rings. The van der Waals surface area contributed by atoms with Crippen LogP contribution in [0.5, 0.6) is 0 Å². The van der Waals surface area contributed by atoms with Gasteiger partial charge in [-0.2, -0.15) is 4.98 Å². The number of aliphatic hydroxyl groups excluding tert-OH is 1. The first-order valence-corrected chi connectivity index (χ1v) is 12.5. The van der Waals surface area contributed by atoms with E-state index in [-0.39, 0.29) is 12.2 Å². The molecule has 0 aliphatic heterocycles. The second-order valence-electron chi connectivity index (χ2n) is 8.86. The van der Waals surface area contributed by atoms with Gasteiger partial charge in [-0.15, -0.1) is 0 Å². The van der Waals surface area contributed by atoms with Gasteiger partial charge in [0.15, 0.2) is 0 Å². The van der Waals surface area contributed by atoms with Gasteiger partial charge in [0, 0.05) is 49.8 Å². The molecule has 2 aromatic heterocycles. The zero-order valence-corrected chi connectivity index (χ0v) is 21.7. The van der Waals surface area contributed by atoms with Gasteiger partial charge in [-0.1, -0.05) is 23.2 Å². The Bertz CT molecular complexity index is 1210. The molecule has 2 heterocycles. The molecule has 4 N–H and O–H groups in total. The van der Waals surface area contributed by atoms with Crippen LogP contribution in [0.4, 0.5) is 23.3 Å². The van der Waals surface area contributed by atoms with Crippen molar-refractivity contribution >= 4 is 52.4 Å². The minimum Gasteiger partial charge on any atom is -0.395 e. The second kappa shape index (κ2) is 11.8. The molecule has 190 valence electrons. The number of hydrogen-bond donors (Lipinski definition) is 4. The highest BCUT2D eigenvalue weighted by Gasteiger charge is 2.21. The fraction of sp³-hybridized carbons (Fsp3) is 0.360. The van der Waals surface area contributed by atoms with E-state index in [1.54, 1.807) is 48.5 Å². The van der Waals surface area contributed by atoms with E-state index in [0.29, 0.717) is 46.4 Å². The highest BCUT2D eigenvalue weighted by Crippen LogP contribution is 2.30. The van der Waals surface area contributed by atoms with Crippen molar-refractivity contribution in [1.82, 2.24) is 20.3 Å². The molecule has 9 nitrogen and oxygen atoms in total. The van der Waals surface area contributed by atoms with Crippen LogP contribution >= 0.6 is 23.2 Å². The number of aryl methyl sites for hydroxylation is 1. The first-order chi connectivity index (χ1) is 17.3. The zero-order valence-electron chi connectivity index (χ0n) is 20.2. The van der Waals surface area contributed by atoms with Crippen LogP contribution in [0.25, 0.3) is 0 Å². The number of likely N-dealkylation sites (N-methyl/N-ethyl adjacent to an activating group) is 1. The molecule has 0 saturated heterocycles. The third kappa shape index (κ3) is 7.04. The van der Waals surface area contributed by atoms with Crippen LogP contribution in [0.2, 0.25) is 10.0 Å². The predicted molar refractivity (Wildman–Crippen MR) is 143 cm³/mol. The molecule has 1 saturated carbocycles. The lowest BCUT2D eigenvalue weighted by molar-refractivity contribution is 0.102. The number of carbonyl (C=O) groups excluding carboxylic acids is 1. The van der Waals surface area contributed by atoms with E-state index in [2.05, 4.69) is 30.9 Å². The van der Waals surface area contributed by atoms with Crippen molar-refractivity contribution in [2.75, 3.05) is 42.3 Å². The Balaban J connectivity index is 1.44. The molecule has 11 heteroatoms. The van der Waals surface area contributed by atoms with Crippen molar-refractivity contribution in [2.45, 2.75) is 26.3 Å². The Morgan fingerprint density at radius 3 is 2.58 bits per heavy atom. The van der Waals surface area contributed by atoms with Crippen LogP contribution in [-0.2, 0) is 6.54 Å². The molecule has 0 bridgehead atoms. The first-order valence-electron chi connectivity index (χ1n) is 11.7. The van der Waals surface area contributed by atoms with Gasteiger partial charge >= 0.3 is 0 Å². The highest BCUT2D eigenvalue weighted by atomic mass is 35.5. The lowest BCUT2D eigenvalue weighted by Crippen LogP contribution is -2.23. The molecule has 1 aliphatic carbocycles. The van der Waals surface area contributed by atoms with Crippen molar-refractivity contribution in [3.8, 4) is 0 Å². The lowest BCUT2D eigenvalue weighted by Gasteiger charge is -2.17. The van der Waals surface area contributed by atoms with Crippen LogP contribution < -0.4 is 20.9 Å². The largest absolute Gasteiger partial charge is 0.395 e. The Morgan fingerprint density at radius 2 is 1.89 bits per heavy atom. The van der Waals surface area contributed by atoms with Gasteiger partial charge in [-0.25, -0.2) is 9.97 Å². The van der Waals surface area contributed by atoms with E-state index >= 15 is 0 Å². The van der Waals surface area contributed by atoms with Crippen LogP contribution in [0, 0.1) is 12.8 Å². The van der Waals surface area contributed by atoms with E-state index in [1.807, 2.05) is 6.92 Å². The van der Waals surface area contributed by atoms with Gasteiger partial charge < -0.3 is 26.0 Å². The van der Waals surface area contributed by atoms with Gasteiger partial charge in [0.25, 0.3) is 5.91 Å². The number of nitrogens with one attached hydrogen (secondary N) is 3. The van der Waals surface area contributed by atoms with E-state index in [4.69, 9.17) is 23.2 Å². The summed E-state index contributed by atoms with van der Waals surface area (Å²) in [5.74, 6) is 1.86. The normalized spacial score (nSPS) is 12.9. The summed E-state index contributed by atoms with van der Waals surface area (Å²) in [6.45, 7) is 3.89. The molecule has 0 radical (unpaired) electrons. The molecule has 36 heavy (non-hydrogen) atoms. The molecule has 0 spiro atoms. The topological polar surface area (TPSA) is 115 Å². The maximum atomic E-state index is 13.0. The van der Waals surface area contributed by atoms with Crippen molar-refractivity contribution in [3.05, 3.63) is 63.4 Å². The molecule has 1 amide bonds. The van der Waals surface area contributed by atoms with Crippen molar-refractivity contribution in [1.29, 1.82) is 0 Å². The summed E-state index contributed by atoms with van der Waals surface area (Å²) in [7, 11) is 1.80. The number of pyridine rings is 1. The summed E-state index contributed by atoms with van der Waals surface area (Å²) in [5.41, 5.74) is 2.43. The Hall–Kier alpha value is -2.98. The van der Waals surface area contributed by atoms with Crippen LogP contribution in [0.15, 0.2) is 36.5 Å². The summed E-state index contributed by atoms with van der Waals surface area (Å²) in [6.07, 6.45) is 4.13. The monoisotopic (exact) mass is 529 g/mol. The van der Waals surface area contributed by atoms with Gasteiger partial charge in [0.05, 0.1) is 22.2 Å². The van der Waals surface area contributed by atoms with E-state index < -0.39 is 5.91 Å². The summed E-state index contributed by atoms with van der Waals surface area (Å²) >= 11 is 12.9. The molecule has 1 aliphatic rings. The Labute approximate surface area is 220 Å². The van der Waals surface area contributed by atoms with Gasteiger partial charge in [-0.05, 0) is 56.0 Å². The Morgan fingerprint density at radius 1 is 1.14 bits per heavy atom. The average molecular weight is 530 g/mol. The lowest BCUT2D eigenvalue weighted by atomic mass is 10.1. The number of aliphatic hydroxyl groups is 1. The molecule has 0 unspecified atom stereocenters. The summed E-state index contributed by atoms with van der Waals surface area (Å²) < 4.78 is 0. The number of nitrogens with zero attached hydrogens (tertiary/aromatic N) is 4. The molecule has 4 rings (SSSR count). The number of carbonyl (C=O) groups is 1. The molecular weight excluding hydrogens is 501 g/mol. The molecule has 1 fully saturated rings. The molecule has 0 atom stereocenters. The number of anilines is 4. The van der Waals surface area contributed by atoms with Crippen molar-refractivity contribution < 1.29 is 9.90 Å². The number of amides is 1. The van der Waals surface area contributed by atoms with Crippen molar-refractivity contribution in [3.63, 3.8) is 0 Å². The predicted octanol–water partition coefficient (Wildman–Crippen LogP) is 4.41. The zero-order chi connectivity index (χ0) is 25.7. The molecule has 1 aromatic carbocycles. The van der Waals surface area contributed by atoms with Gasteiger partial charge in [-0.3, -0.25) is 4.79 Å². The average Bonchev–Trinajstić information content (AvgIpc) is 3.63. The smallest absolute Gasteiger partial charge is 0.258 e. The number of benzene rings is 1. The third-order valence-corrected chi connectivity index (χ3v) is 6.28. The van der Waals surface area contributed by atoms with Gasteiger partial charge in [0.1, 0.15) is 11.6 Å². The minimum absolute atomic E-state index is 0.00602. The highest BCUT2D eigenvalue weighted by molar-refractivity contribution is 6.40. The van der Waals surface area contributed by atoms with Crippen LogP contribution in [0.1, 0.15) is 34.5 Å². The minimum atomic E-state index is -0.412. The van der Waals surface area contributed by atoms with Crippen LogP contribution in [0.3, 0.4) is 0 Å². The maximum Gasteiger partial charge on any atom is 0.258 e. The van der Waals surface area contributed by atoms with Gasteiger partial charge in [0.2, 0.25) is 5.95 Å². The standard InChI is InChI=1S/C25H29Cl2N7O2/c1-15-9-22(33-25(30-15)34(2)7-8-35)32-21-12-18(5-6-29-21)31-24(36)23-19(26)10-17(11-20(23)27)14-28-13-16-3-4-16/h5-6,9-12,16,28,35H,3-4,7-8,13-14H2,1-2H3,(H2,29,30,31,32,33,36). The molecular formula is C25H29Cl2N7O2. The fourth-order valence-electron chi connectivity index (χ4n) is 3.63. The van der Waals surface area contributed by atoms with E-state index in [0.717, 1.165) is 23.7 Å². The summed E-state index contributed by atoms with van der Waals surface area (Å²) in [5, 5.41) is 19.1. The van der Waals surface area contributed by atoms with Crippen LogP contribution in [-0.4, -0.2) is 52.7 Å². The number of halogens is 2. The fourth-order valence-corrected chi connectivity index (χ4v) is 4.33. The summed E-state index contributed by atoms with van der Waals surface area (Å²) in [4.78, 5) is 27.9. The second-order valence-corrected chi connectivity index (χ2v) is 9.67. The van der Waals surface area contributed by atoms with Crippen molar-refractivity contribution in [2.24, 2.45) is 5.92 Å². The quantitative estimate of drug-likeness (QED) is 0.288. The first kappa shape index (κ1) is 26.1. The maximum absolute atomic E-state index is 13.0. The number of hydrogen-bond acceptors (Lipinski definition) is 8. The third-order valence-electron chi connectivity index (χ3n) is 5.68. The van der Waals surface area contributed by atoms with E-state index in [9.17, 15) is 9.90 Å². The number of aromatic nitrogens is 3. The van der Waals surface area contributed by atoms with E-state index in [1.165, 1.54) is 12.8 Å². The SMILES string of the molecule is Cc1cc(Nc2cc(NC(=O)c3c(Cl)cc(CNCC4CC4)cc3Cl)ccn2)nc(N(C)CCO)n1.